The predicted octanol–water partition coefficient (Wildman–Crippen LogP) is 1.32. The highest BCUT2D eigenvalue weighted by Crippen LogP contribution is 2.01. The standard InChI is InChI=1S/C15H21N3O3S/c1-4-12(2)18-14(19)9-7-5-6-8-13-10-16-15(17-11-13)22(3,20)21/h10-12H,4-5,7,9H2,1-3H3,(H,18,19). The number of nitrogens with zero attached hydrogens (tertiary/aromatic N) is 2. The first kappa shape index (κ1) is 18.1. The second-order valence-electron chi connectivity index (χ2n) is 5.06. The van der Waals surface area contributed by atoms with E-state index in [0.717, 1.165) is 12.7 Å². The summed E-state index contributed by atoms with van der Waals surface area (Å²) in [6.45, 7) is 3.99. The quantitative estimate of drug-likeness (QED) is 0.484. The fourth-order valence-corrected chi connectivity index (χ4v) is 2.01. The number of hydrogen-bond donors (Lipinski definition) is 1. The summed E-state index contributed by atoms with van der Waals surface area (Å²) in [5.41, 5.74) is 0.552. The molecule has 22 heavy (non-hydrogen) atoms. The molecule has 1 rings (SSSR count). The van der Waals surface area contributed by atoms with Crippen LogP contribution in [-0.2, 0) is 14.6 Å². The van der Waals surface area contributed by atoms with Crippen molar-refractivity contribution in [3.8, 4) is 11.8 Å². The molecule has 1 N–H and O–H groups in total. The van der Waals surface area contributed by atoms with E-state index in [1.54, 1.807) is 0 Å². The molecule has 0 spiro atoms. The molecule has 1 aromatic heterocycles. The Kier molecular flexibility index (Phi) is 6.99. The molecule has 0 aliphatic carbocycles. The van der Waals surface area contributed by atoms with E-state index in [4.69, 9.17) is 0 Å². The van der Waals surface area contributed by atoms with Crippen LogP contribution in [-0.4, -0.2) is 36.6 Å². The Balaban J connectivity index is 2.40. The van der Waals surface area contributed by atoms with Gasteiger partial charge in [0.2, 0.25) is 20.9 Å². The molecule has 0 aromatic carbocycles. The average Bonchev–Trinajstić information content (AvgIpc) is 2.46. The van der Waals surface area contributed by atoms with Crippen LogP contribution in [0.2, 0.25) is 0 Å². The number of nitrogens with one attached hydrogen (secondary N) is 1. The molecule has 1 aromatic rings. The van der Waals surface area contributed by atoms with Crippen molar-refractivity contribution < 1.29 is 13.2 Å². The molecule has 1 atom stereocenters. The number of unbranched alkanes of at least 4 members (excludes halogenated alkanes) is 1. The lowest BCUT2D eigenvalue weighted by Crippen LogP contribution is -2.31. The van der Waals surface area contributed by atoms with Gasteiger partial charge in [-0.3, -0.25) is 4.79 Å². The number of carbonyl (C=O) groups excluding carboxylic acids is 1. The van der Waals surface area contributed by atoms with Gasteiger partial charge >= 0.3 is 0 Å². The van der Waals surface area contributed by atoms with Crippen LogP contribution in [0.1, 0.15) is 45.1 Å². The van der Waals surface area contributed by atoms with Crippen molar-refractivity contribution in [3.63, 3.8) is 0 Å². The number of carbonyl (C=O) groups is 1. The molecule has 0 saturated carbocycles. The maximum atomic E-state index is 11.5. The zero-order chi connectivity index (χ0) is 16.6. The van der Waals surface area contributed by atoms with Crippen molar-refractivity contribution in [2.24, 2.45) is 0 Å². The van der Waals surface area contributed by atoms with Gasteiger partial charge in [-0.05, 0) is 19.8 Å². The molecular formula is C15H21N3O3S. The number of amides is 1. The Bertz CT molecular complexity index is 658. The second kappa shape index (κ2) is 8.49. The Morgan fingerprint density at radius 1 is 1.36 bits per heavy atom. The molecule has 1 amide bonds. The molecule has 0 bridgehead atoms. The van der Waals surface area contributed by atoms with E-state index < -0.39 is 9.84 Å². The number of hydrogen-bond acceptors (Lipinski definition) is 5. The average molecular weight is 323 g/mol. The minimum absolute atomic E-state index is 0.0389. The van der Waals surface area contributed by atoms with Crippen LogP contribution in [0.3, 0.4) is 0 Å². The lowest BCUT2D eigenvalue weighted by Gasteiger charge is -2.10. The number of aromatic nitrogens is 2. The van der Waals surface area contributed by atoms with Crippen LogP contribution in [0.4, 0.5) is 0 Å². The molecule has 6 nitrogen and oxygen atoms in total. The topological polar surface area (TPSA) is 89.0 Å². The van der Waals surface area contributed by atoms with Gasteiger partial charge < -0.3 is 5.32 Å². The summed E-state index contributed by atoms with van der Waals surface area (Å²) in [7, 11) is -3.39. The highest BCUT2D eigenvalue weighted by molar-refractivity contribution is 7.90. The molecule has 0 aliphatic rings. The molecule has 0 radical (unpaired) electrons. The molecule has 1 unspecified atom stereocenters. The molecule has 7 heteroatoms. The van der Waals surface area contributed by atoms with E-state index in [1.807, 2.05) is 13.8 Å². The van der Waals surface area contributed by atoms with Gasteiger partial charge in [-0.15, -0.1) is 0 Å². The minimum atomic E-state index is -3.39. The van der Waals surface area contributed by atoms with Crippen LogP contribution in [0.15, 0.2) is 17.6 Å². The monoisotopic (exact) mass is 323 g/mol. The summed E-state index contributed by atoms with van der Waals surface area (Å²) in [6, 6.07) is 0.198. The van der Waals surface area contributed by atoms with Crippen LogP contribution in [0, 0.1) is 11.8 Å². The zero-order valence-corrected chi connectivity index (χ0v) is 13.9. The summed E-state index contributed by atoms with van der Waals surface area (Å²) in [5, 5.41) is 2.69. The van der Waals surface area contributed by atoms with Crippen molar-refractivity contribution >= 4 is 15.7 Å². The molecule has 0 saturated heterocycles. The summed E-state index contributed by atoms with van der Waals surface area (Å²) in [4.78, 5) is 19.0. The van der Waals surface area contributed by atoms with Gasteiger partial charge in [-0.25, -0.2) is 18.4 Å². The van der Waals surface area contributed by atoms with Crippen molar-refractivity contribution in [1.82, 2.24) is 15.3 Å². The van der Waals surface area contributed by atoms with Crippen LogP contribution in [0.5, 0.6) is 0 Å². The van der Waals surface area contributed by atoms with Crippen molar-refractivity contribution in [1.29, 1.82) is 0 Å². The molecule has 120 valence electrons. The summed E-state index contributed by atoms with van der Waals surface area (Å²) in [5.74, 6) is 5.81. The van der Waals surface area contributed by atoms with E-state index in [1.165, 1.54) is 12.4 Å². The van der Waals surface area contributed by atoms with Gasteiger partial charge in [0.25, 0.3) is 0 Å². The van der Waals surface area contributed by atoms with Crippen LogP contribution in [0.25, 0.3) is 0 Å². The van der Waals surface area contributed by atoms with Gasteiger partial charge in [0.15, 0.2) is 0 Å². The normalized spacial score (nSPS) is 12.1. The summed E-state index contributed by atoms with van der Waals surface area (Å²) in [6.07, 6.45) is 6.44. The van der Waals surface area contributed by atoms with Crippen molar-refractivity contribution in [2.45, 2.75) is 50.7 Å². The fourth-order valence-electron chi connectivity index (χ4n) is 1.52. The third kappa shape index (κ3) is 6.68. The Morgan fingerprint density at radius 2 is 2.00 bits per heavy atom. The van der Waals surface area contributed by atoms with E-state index in [-0.39, 0.29) is 17.1 Å². The zero-order valence-electron chi connectivity index (χ0n) is 13.1. The van der Waals surface area contributed by atoms with Crippen molar-refractivity contribution in [3.05, 3.63) is 18.0 Å². The molecule has 0 fully saturated rings. The Hall–Kier alpha value is -1.94. The number of sulfone groups is 1. The first-order valence-corrected chi connectivity index (χ1v) is 9.02. The van der Waals surface area contributed by atoms with Gasteiger partial charge in [0, 0.05) is 37.5 Å². The largest absolute Gasteiger partial charge is 0.354 e. The van der Waals surface area contributed by atoms with Gasteiger partial charge in [0.1, 0.15) is 0 Å². The van der Waals surface area contributed by atoms with Crippen molar-refractivity contribution in [2.75, 3.05) is 6.26 Å². The van der Waals surface area contributed by atoms with Gasteiger partial charge in [0.05, 0.1) is 5.56 Å². The van der Waals surface area contributed by atoms with E-state index in [9.17, 15) is 13.2 Å². The maximum Gasteiger partial charge on any atom is 0.246 e. The van der Waals surface area contributed by atoms with E-state index >= 15 is 0 Å². The van der Waals surface area contributed by atoms with Gasteiger partial charge in [-0.2, -0.15) is 0 Å². The highest BCUT2D eigenvalue weighted by atomic mass is 32.2. The second-order valence-corrected chi connectivity index (χ2v) is 6.97. The number of rotatable bonds is 6. The lowest BCUT2D eigenvalue weighted by molar-refractivity contribution is -0.121. The summed E-state index contributed by atoms with van der Waals surface area (Å²) < 4.78 is 22.4. The predicted molar refractivity (Wildman–Crippen MR) is 83.8 cm³/mol. The molecule has 0 aliphatic heterocycles. The smallest absolute Gasteiger partial charge is 0.246 e. The Morgan fingerprint density at radius 3 is 2.55 bits per heavy atom. The molecular weight excluding hydrogens is 302 g/mol. The Labute approximate surface area is 131 Å². The minimum Gasteiger partial charge on any atom is -0.354 e. The SMILES string of the molecule is CCC(C)NC(=O)CCCC#Cc1cnc(S(C)(=O)=O)nc1. The van der Waals surface area contributed by atoms with E-state index in [2.05, 4.69) is 27.1 Å². The van der Waals surface area contributed by atoms with Crippen LogP contribution < -0.4 is 5.32 Å². The lowest BCUT2D eigenvalue weighted by atomic mass is 10.2. The van der Waals surface area contributed by atoms with Crippen LogP contribution >= 0.6 is 0 Å². The highest BCUT2D eigenvalue weighted by Gasteiger charge is 2.09. The maximum absolute atomic E-state index is 11.5. The molecule has 1 heterocycles. The first-order valence-electron chi connectivity index (χ1n) is 7.13. The first-order chi connectivity index (χ1) is 10.3. The third-order valence-corrected chi connectivity index (χ3v) is 3.79. The third-order valence-electron chi connectivity index (χ3n) is 2.92. The van der Waals surface area contributed by atoms with E-state index in [0.29, 0.717) is 24.8 Å². The fraction of sp³-hybridized carbons (Fsp3) is 0.533. The van der Waals surface area contributed by atoms with Gasteiger partial charge in [-0.1, -0.05) is 18.8 Å². The summed E-state index contributed by atoms with van der Waals surface area (Å²) >= 11 is 0.